The summed E-state index contributed by atoms with van der Waals surface area (Å²) in [5.74, 6) is 3.25. The number of hydrogen-bond donors (Lipinski definition) is 1. The van der Waals surface area contributed by atoms with Gasteiger partial charge < -0.3 is 5.11 Å². The summed E-state index contributed by atoms with van der Waals surface area (Å²) in [6, 6.07) is 0. The van der Waals surface area contributed by atoms with E-state index < -0.39 is 5.97 Å². The monoisotopic (exact) mass is 442 g/mol. The molecule has 0 aliphatic heterocycles. The highest BCUT2D eigenvalue weighted by atomic mass is 16.4. The summed E-state index contributed by atoms with van der Waals surface area (Å²) in [5, 5.41) is 8.72. The fraction of sp³-hybridized carbons (Fsp3) is 0.862. The SMILES string of the molecule is C[C@]12CCC(=O)C=C1CCC1C2CC[C@@]2(C)C1CC[C@@H]2CCCCCCCCCC(=O)O. The minimum Gasteiger partial charge on any atom is -0.481 e. The molecule has 3 heteroatoms. The third-order valence-electron chi connectivity index (χ3n) is 10.6. The maximum absolute atomic E-state index is 12.0. The molecule has 32 heavy (non-hydrogen) atoms. The van der Waals surface area contributed by atoms with Crippen molar-refractivity contribution in [3.63, 3.8) is 0 Å². The number of unbranched alkanes of at least 4 members (excludes halogenated alkanes) is 6. The Hall–Kier alpha value is -1.12. The summed E-state index contributed by atoms with van der Waals surface area (Å²) in [5.41, 5.74) is 2.36. The minimum atomic E-state index is -0.657. The van der Waals surface area contributed by atoms with Crippen molar-refractivity contribution in [3.8, 4) is 0 Å². The molecule has 0 heterocycles. The number of carboxylic acids is 1. The van der Waals surface area contributed by atoms with E-state index in [0.717, 1.165) is 49.4 Å². The molecule has 0 aromatic heterocycles. The molecule has 3 saturated carbocycles. The average Bonchev–Trinajstić information content (AvgIpc) is 3.09. The number of hydrogen-bond acceptors (Lipinski definition) is 2. The van der Waals surface area contributed by atoms with Crippen molar-refractivity contribution < 1.29 is 14.7 Å². The molecule has 0 bridgehead atoms. The van der Waals surface area contributed by atoms with Gasteiger partial charge in [0.05, 0.1) is 0 Å². The standard InChI is InChI=1S/C29H46O3/c1-28-19-17-26-24(14-12-22-20-23(30)16-18-29(22,26)2)25(28)15-13-21(28)10-8-6-4-3-5-7-9-11-27(31)32/h20-21,24-26H,3-19H2,1-2H3,(H,31,32)/t21-,24?,25?,26?,28+,29-/m0/s1. The van der Waals surface area contributed by atoms with Crippen LogP contribution in [0.1, 0.15) is 123 Å². The highest BCUT2D eigenvalue weighted by Gasteiger charge is 2.58. The molecule has 180 valence electrons. The zero-order valence-corrected chi connectivity index (χ0v) is 20.7. The number of aliphatic carboxylic acids is 1. The molecule has 3 unspecified atom stereocenters. The summed E-state index contributed by atoms with van der Waals surface area (Å²) < 4.78 is 0. The quantitative estimate of drug-likeness (QED) is 0.352. The van der Waals surface area contributed by atoms with Gasteiger partial charge in [-0.05, 0) is 98.4 Å². The second kappa shape index (κ2) is 10.0. The van der Waals surface area contributed by atoms with Crippen LogP contribution >= 0.6 is 0 Å². The van der Waals surface area contributed by atoms with Crippen LogP contribution in [0.4, 0.5) is 0 Å². The highest BCUT2D eigenvalue weighted by Crippen LogP contribution is 2.67. The lowest BCUT2D eigenvalue weighted by molar-refractivity contribution is -0.137. The maximum atomic E-state index is 12.0. The largest absolute Gasteiger partial charge is 0.481 e. The van der Waals surface area contributed by atoms with Gasteiger partial charge in [-0.3, -0.25) is 9.59 Å². The van der Waals surface area contributed by atoms with Gasteiger partial charge in [-0.25, -0.2) is 0 Å². The Labute approximate surface area is 195 Å². The number of rotatable bonds is 10. The smallest absolute Gasteiger partial charge is 0.303 e. The number of carbonyl (C=O) groups is 2. The van der Waals surface area contributed by atoms with Crippen LogP contribution in [0, 0.1) is 34.5 Å². The summed E-state index contributed by atoms with van der Waals surface area (Å²) in [4.78, 5) is 22.6. The Bertz CT molecular complexity index is 724. The molecule has 4 aliphatic carbocycles. The lowest BCUT2D eigenvalue weighted by Gasteiger charge is -2.58. The van der Waals surface area contributed by atoms with Gasteiger partial charge in [0.2, 0.25) is 0 Å². The highest BCUT2D eigenvalue weighted by molar-refractivity contribution is 5.91. The van der Waals surface area contributed by atoms with E-state index in [9.17, 15) is 9.59 Å². The molecule has 4 rings (SSSR count). The van der Waals surface area contributed by atoms with Crippen LogP contribution in [0.3, 0.4) is 0 Å². The van der Waals surface area contributed by atoms with Crippen molar-refractivity contribution in [3.05, 3.63) is 11.6 Å². The van der Waals surface area contributed by atoms with Gasteiger partial charge in [-0.15, -0.1) is 0 Å². The number of carbonyl (C=O) groups excluding carboxylic acids is 1. The van der Waals surface area contributed by atoms with Crippen molar-refractivity contribution in [2.75, 3.05) is 0 Å². The van der Waals surface area contributed by atoms with E-state index in [4.69, 9.17) is 5.11 Å². The third-order valence-corrected chi connectivity index (χ3v) is 10.6. The average molecular weight is 443 g/mol. The lowest BCUT2D eigenvalue weighted by atomic mass is 9.46. The van der Waals surface area contributed by atoms with Crippen LogP contribution in [0.25, 0.3) is 0 Å². The van der Waals surface area contributed by atoms with Crippen molar-refractivity contribution >= 4 is 11.8 Å². The minimum absolute atomic E-state index is 0.306. The molecule has 0 spiro atoms. The van der Waals surface area contributed by atoms with E-state index in [-0.39, 0.29) is 0 Å². The molecule has 0 amide bonds. The molecule has 1 N–H and O–H groups in total. The predicted octanol–water partition coefficient (Wildman–Crippen LogP) is 7.73. The first-order valence-electron chi connectivity index (χ1n) is 13.8. The van der Waals surface area contributed by atoms with Crippen LogP contribution in [0.5, 0.6) is 0 Å². The summed E-state index contributed by atoms with van der Waals surface area (Å²) >= 11 is 0. The third kappa shape index (κ3) is 4.73. The molecular weight excluding hydrogens is 396 g/mol. The zero-order valence-electron chi connectivity index (χ0n) is 20.7. The first-order chi connectivity index (χ1) is 15.3. The van der Waals surface area contributed by atoms with Gasteiger partial charge in [0.15, 0.2) is 5.78 Å². The first-order valence-corrected chi connectivity index (χ1v) is 13.8. The molecule has 0 radical (unpaired) electrons. The van der Waals surface area contributed by atoms with E-state index in [0.29, 0.717) is 23.0 Å². The second-order valence-corrected chi connectivity index (χ2v) is 12.2. The molecular formula is C29H46O3. The molecule has 3 nitrogen and oxygen atoms in total. The molecule has 0 aromatic carbocycles. The zero-order chi connectivity index (χ0) is 22.8. The molecule has 4 aliphatic rings. The van der Waals surface area contributed by atoms with Crippen LogP contribution in [-0.4, -0.2) is 16.9 Å². The number of ketones is 1. The summed E-state index contributed by atoms with van der Waals surface area (Å²) in [6.45, 7) is 5.14. The van der Waals surface area contributed by atoms with Crippen molar-refractivity contribution in [1.82, 2.24) is 0 Å². The van der Waals surface area contributed by atoms with Crippen molar-refractivity contribution in [2.24, 2.45) is 34.5 Å². The Balaban J connectivity index is 1.24. The topological polar surface area (TPSA) is 54.4 Å². The Morgan fingerprint density at radius 3 is 2.38 bits per heavy atom. The van der Waals surface area contributed by atoms with Gasteiger partial charge in [-0.2, -0.15) is 0 Å². The number of allylic oxidation sites excluding steroid dienone is 1. The molecule has 0 saturated heterocycles. The maximum Gasteiger partial charge on any atom is 0.303 e. The Morgan fingerprint density at radius 1 is 0.906 bits per heavy atom. The molecule has 3 fully saturated rings. The second-order valence-electron chi connectivity index (χ2n) is 12.2. The predicted molar refractivity (Wildman–Crippen MR) is 129 cm³/mol. The fourth-order valence-corrected chi connectivity index (χ4v) is 8.69. The number of fused-ring (bicyclic) bond motifs is 5. The van der Waals surface area contributed by atoms with Crippen LogP contribution < -0.4 is 0 Å². The van der Waals surface area contributed by atoms with E-state index in [1.54, 1.807) is 0 Å². The molecule has 6 atom stereocenters. The van der Waals surface area contributed by atoms with Crippen LogP contribution in [-0.2, 0) is 9.59 Å². The fourth-order valence-electron chi connectivity index (χ4n) is 8.69. The Morgan fingerprint density at radius 2 is 1.62 bits per heavy atom. The van der Waals surface area contributed by atoms with E-state index >= 15 is 0 Å². The van der Waals surface area contributed by atoms with Crippen LogP contribution in [0.15, 0.2) is 11.6 Å². The van der Waals surface area contributed by atoms with Crippen molar-refractivity contribution in [2.45, 2.75) is 123 Å². The van der Waals surface area contributed by atoms with Gasteiger partial charge in [0, 0.05) is 12.8 Å². The normalized spacial score (nSPS) is 38.6. The van der Waals surface area contributed by atoms with Gasteiger partial charge in [0.25, 0.3) is 0 Å². The van der Waals surface area contributed by atoms with Gasteiger partial charge >= 0.3 is 5.97 Å². The van der Waals surface area contributed by atoms with E-state index in [1.165, 1.54) is 82.6 Å². The van der Waals surface area contributed by atoms with E-state index in [1.807, 2.05) is 6.08 Å². The van der Waals surface area contributed by atoms with Crippen molar-refractivity contribution in [1.29, 1.82) is 0 Å². The van der Waals surface area contributed by atoms with Crippen LogP contribution in [0.2, 0.25) is 0 Å². The van der Waals surface area contributed by atoms with Gasteiger partial charge in [-0.1, -0.05) is 57.9 Å². The summed E-state index contributed by atoms with van der Waals surface area (Å²) in [6.07, 6.45) is 22.3. The first kappa shape index (κ1) is 24.0. The molecule has 0 aromatic rings. The lowest BCUT2D eigenvalue weighted by Crippen LogP contribution is -2.50. The summed E-state index contributed by atoms with van der Waals surface area (Å²) in [7, 11) is 0. The Kier molecular flexibility index (Phi) is 7.52. The van der Waals surface area contributed by atoms with Gasteiger partial charge in [0.1, 0.15) is 0 Å². The van der Waals surface area contributed by atoms with E-state index in [2.05, 4.69) is 13.8 Å². The number of carboxylic acid groups (broad SMARTS) is 1.